The van der Waals surface area contributed by atoms with Crippen LogP contribution in [0.5, 0.6) is 5.75 Å². The minimum atomic E-state index is -4.42. The second-order valence-electron chi connectivity index (χ2n) is 12.7. The lowest BCUT2D eigenvalue weighted by atomic mass is 9.79. The molecule has 0 unspecified atom stereocenters. The molecule has 0 bridgehead atoms. The molecule has 0 radical (unpaired) electrons. The number of ether oxygens (including phenoxy) is 1. The number of hydrogen-bond acceptors (Lipinski definition) is 9. The molecule has 1 atom stereocenters. The maximum atomic E-state index is 14.3. The largest absolute Gasteiger partial charge is 0.483 e. The maximum absolute atomic E-state index is 14.3. The molecule has 14 heteroatoms. The average Bonchev–Trinajstić information content (AvgIpc) is 3.18. The number of carbonyl (C=O) groups excluding carboxylic acids is 2. The zero-order valence-corrected chi connectivity index (χ0v) is 31.2. The van der Waals surface area contributed by atoms with Crippen molar-refractivity contribution in [2.75, 3.05) is 42.4 Å². The van der Waals surface area contributed by atoms with Crippen LogP contribution in [-0.4, -0.2) is 70.7 Å². The van der Waals surface area contributed by atoms with Crippen LogP contribution in [0, 0.1) is 5.41 Å². The third kappa shape index (κ3) is 10.7. The van der Waals surface area contributed by atoms with Crippen LogP contribution >= 0.6 is 11.8 Å². The maximum Gasteiger partial charge on any atom is 0.267 e. The Labute approximate surface area is 300 Å². The fraction of sp³-hybridized carbons (Fsp3) is 0.444. The molecule has 0 aromatic heterocycles. The highest BCUT2D eigenvalue weighted by atomic mass is 32.2. The number of sulfone groups is 1. The molecule has 0 aliphatic carbocycles. The highest BCUT2D eigenvalue weighted by Crippen LogP contribution is 2.47. The zero-order valence-electron chi connectivity index (χ0n) is 28.8. The van der Waals surface area contributed by atoms with E-state index in [0.29, 0.717) is 22.7 Å². The quantitative estimate of drug-likeness (QED) is 0.112. The van der Waals surface area contributed by atoms with Gasteiger partial charge < -0.3 is 20.3 Å². The third-order valence-corrected chi connectivity index (χ3v) is 12.3. The van der Waals surface area contributed by atoms with Crippen LogP contribution in [0.2, 0.25) is 0 Å². The minimum absolute atomic E-state index is 0.00550. The molecular formula is C36H47N3O8S3. The van der Waals surface area contributed by atoms with Crippen molar-refractivity contribution in [1.82, 2.24) is 10.6 Å². The van der Waals surface area contributed by atoms with Crippen LogP contribution in [0.3, 0.4) is 0 Å². The van der Waals surface area contributed by atoms with Crippen LogP contribution in [0.4, 0.5) is 11.4 Å². The van der Waals surface area contributed by atoms with Gasteiger partial charge in [0.25, 0.3) is 16.0 Å². The SMILES string of the molecule is CCCCC1(CCCC)CN(c2ccccc2)c2cc(SC)c(OCC(=O)NCC(=O)N[C@@H](CS(=O)(=O)O)c3ccccc3)cc2S(=O)(=O)C1. The van der Waals surface area contributed by atoms with E-state index in [4.69, 9.17) is 4.74 Å². The second-order valence-corrected chi connectivity index (χ2v) is 17.0. The van der Waals surface area contributed by atoms with Crippen molar-refractivity contribution >= 4 is 54.9 Å². The Morgan fingerprint density at radius 2 is 1.60 bits per heavy atom. The molecule has 1 aliphatic rings. The summed E-state index contributed by atoms with van der Waals surface area (Å²) in [6.07, 6.45) is 7.18. The van der Waals surface area contributed by atoms with Crippen molar-refractivity contribution < 1.29 is 35.7 Å². The molecule has 0 saturated carbocycles. The van der Waals surface area contributed by atoms with Gasteiger partial charge in [-0.25, -0.2) is 8.42 Å². The number of hydrogen-bond donors (Lipinski definition) is 3. The molecule has 4 rings (SSSR count). The Kier molecular flexibility index (Phi) is 13.8. The van der Waals surface area contributed by atoms with Crippen molar-refractivity contribution in [3.63, 3.8) is 0 Å². The van der Waals surface area contributed by atoms with E-state index in [0.717, 1.165) is 44.2 Å². The second kappa shape index (κ2) is 17.6. The Morgan fingerprint density at radius 3 is 2.18 bits per heavy atom. The first-order chi connectivity index (χ1) is 23.8. The van der Waals surface area contributed by atoms with E-state index < -0.39 is 62.1 Å². The van der Waals surface area contributed by atoms with Gasteiger partial charge in [0, 0.05) is 23.7 Å². The summed E-state index contributed by atoms with van der Waals surface area (Å²) in [5.41, 5.74) is 1.48. The summed E-state index contributed by atoms with van der Waals surface area (Å²) in [6.45, 7) is 3.81. The van der Waals surface area contributed by atoms with E-state index in [2.05, 4.69) is 29.4 Å². The standard InChI is InChI=1S/C36H47N3O8S3/c1-4-6-18-36(19-7-5-2)25-39(28-16-12-9-13-17-28)30-20-32(48-3)31(21-33(30)49(42,43)26-36)47-23-35(41)37-22-34(40)38-29(24-50(44,45)46)27-14-10-8-11-15-27/h8-17,20-21,29H,4-7,18-19,22-26H2,1-3H3,(H,37,41)(H,38,40)(H,44,45,46)/t29-/m0/s1. The summed E-state index contributed by atoms with van der Waals surface area (Å²) >= 11 is 1.37. The predicted octanol–water partition coefficient (Wildman–Crippen LogP) is 5.94. The molecule has 1 heterocycles. The molecule has 0 saturated heterocycles. The number of benzene rings is 3. The molecule has 0 spiro atoms. The van der Waals surface area contributed by atoms with Crippen molar-refractivity contribution in [3.8, 4) is 5.75 Å². The summed E-state index contributed by atoms with van der Waals surface area (Å²) in [4.78, 5) is 28.4. The molecule has 3 N–H and O–H groups in total. The first-order valence-electron chi connectivity index (χ1n) is 16.8. The number of thioether (sulfide) groups is 1. The van der Waals surface area contributed by atoms with Gasteiger partial charge in [0.1, 0.15) is 5.75 Å². The van der Waals surface area contributed by atoms with Gasteiger partial charge in [-0.05, 0) is 42.9 Å². The lowest BCUT2D eigenvalue weighted by Gasteiger charge is -2.37. The molecule has 11 nitrogen and oxygen atoms in total. The summed E-state index contributed by atoms with van der Waals surface area (Å²) in [7, 11) is -8.20. The lowest BCUT2D eigenvalue weighted by Crippen LogP contribution is -2.41. The van der Waals surface area contributed by atoms with E-state index in [1.807, 2.05) is 42.7 Å². The summed E-state index contributed by atoms with van der Waals surface area (Å²) in [5.74, 6) is -1.81. The number of amides is 2. The summed E-state index contributed by atoms with van der Waals surface area (Å²) in [5, 5.41) is 4.98. The zero-order chi connectivity index (χ0) is 36.4. The first kappa shape index (κ1) is 39.2. The Hall–Kier alpha value is -3.59. The Bertz CT molecular complexity index is 1810. The summed E-state index contributed by atoms with van der Waals surface area (Å²) < 4.78 is 67.0. The van der Waals surface area contributed by atoms with E-state index in [9.17, 15) is 31.0 Å². The highest BCUT2D eigenvalue weighted by Gasteiger charge is 2.42. The lowest BCUT2D eigenvalue weighted by molar-refractivity contribution is -0.127. The van der Waals surface area contributed by atoms with E-state index in [1.54, 1.807) is 30.3 Å². The summed E-state index contributed by atoms with van der Waals surface area (Å²) in [6, 6.07) is 20.4. The molecule has 3 aromatic carbocycles. The Balaban J connectivity index is 1.55. The number of rotatable bonds is 17. The van der Waals surface area contributed by atoms with Gasteiger partial charge in [0.2, 0.25) is 5.91 Å². The van der Waals surface area contributed by atoms with Gasteiger partial charge in [-0.2, -0.15) is 8.42 Å². The fourth-order valence-corrected chi connectivity index (χ4v) is 9.68. The number of unbranched alkanes of at least 4 members (excludes halogenated alkanes) is 2. The van der Waals surface area contributed by atoms with Crippen LogP contribution in [0.15, 0.2) is 82.6 Å². The molecular weight excluding hydrogens is 699 g/mol. The van der Waals surface area contributed by atoms with Crippen molar-refractivity contribution in [3.05, 3.63) is 78.4 Å². The Morgan fingerprint density at radius 1 is 0.980 bits per heavy atom. The van der Waals surface area contributed by atoms with Crippen LogP contribution in [-0.2, 0) is 29.5 Å². The number of para-hydroxylation sites is 1. The topological polar surface area (TPSA) is 159 Å². The van der Waals surface area contributed by atoms with Crippen molar-refractivity contribution in [2.45, 2.75) is 68.2 Å². The van der Waals surface area contributed by atoms with E-state index in [-0.39, 0.29) is 16.4 Å². The molecule has 1 aliphatic heterocycles. The molecule has 272 valence electrons. The van der Waals surface area contributed by atoms with Crippen LogP contribution in [0.25, 0.3) is 0 Å². The van der Waals surface area contributed by atoms with Gasteiger partial charge in [-0.1, -0.05) is 88.1 Å². The number of anilines is 2. The fourth-order valence-electron chi connectivity index (χ4n) is 6.32. The molecule has 2 amide bonds. The van der Waals surface area contributed by atoms with Gasteiger partial charge in [-0.15, -0.1) is 11.8 Å². The van der Waals surface area contributed by atoms with Gasteiger partial charge in [-0.3, -0.25) is 14.1 Å². The number of nitrogens with zero attached hydrogens (tertiary/aromatic N) is 1. The number of fused-ring (bicyclic) bond motifs is 1. The predicted molar refractivity (Wildman–Crippen MR) is 197 cm³/mol. The van der Waals surface area contributed by atoms with Crippen LogP contribution in [0.1, 0.15) is 64.0 Å². The van der Waals surface area contributed by atoms with E-state index >= 15 is 0 Å². The minimum Gasteiger partial charge on any atom is -0.483 e. The molecule has 50 heavy (non-hydrogen) atoms. The first-order valence-corrected chi connectivity index (χ1v) is 21.2. The number of nitrogens with one attached hydrogen (secondary N) is 2. The smallest absolute Gasteiger partial charge is 0.267 e. The van der Waals surface area contributed by atoms with Crippen molar-refractivity contribution in [1.29, 1.82) is 0 Å². The molecule has 0 fully saturated rings. The third-order valence-electron chi connectivity index (χ3n) is 8.77. The monoisotopic (exact) mass is 745 g/mol. The molecule has 3 aromatic rings. The average molecular weight is 746 g/mol. The van der Waals surface area contributed by atoms with Crippen LogP contribution < -0.4 is 20.3 Å². The van der Waals surface area contributed by atoms with Gasteiger partial charge in [0.05, 0.1) is 39.6 Å². The number of carbonyl (C=O) groups is 2. The highest BCUT2D eigenvalue weighted by molar-refractivity contribution is 7.98. The van der Waals surface area contributed by atoms with Crippen molar-refractivity contribution in [2.24, 2.45) is 5.41 Å². The van der Waals surface area contributed by atoms with Gasteiger partial charge >= 0.3 is 0 Å². The van der Waals surface area contributed by atoms with Gasteiger partial charge in [0.15, 0.2) is 16.4 Å². The van der Waals surface area contributed by atoms with E-state index in [1.165, 1.54) is 17.8 Å². The normalized spacial score (nSPS) is 15.7.